The minimum Gasteiger partial charge on any atom is -0.482 e. The maximum absolute atomic E-state index is 12.9. The minimum absolute atomic E-state index is 0.0803. The fourth-order valence-electron chi connectivity index (χ4n) is 4.19. The lowest BCUT2D eigenvalue weighted by Gasteiger charge is -2.31. The molecular weight excluding hydrogens is 438 g/mol. The van der Waals surface area contributed by atoms with Gasteiger partial charge in [-0.1, -0.05) is 26.0 Å². The predicted octanol–water partition coefficient (Wildman–Crippen LogP) is 3.25. The average Bonchev–Trinajstić information content (AvgIpc) is 2.83. The van der Waals surface area contributed by atoms with E-state index in [4.69, 9.17) is 14.2 Å². The van der Waals surface area contributed by atoms with E-state index in [1.54, 1.807) is 38.1 Å². The maximum atomic E-state index is 12.9. The molecule has 0 heterocycles. The highest BCUT2D eigenvalue weighted by molar-refractivity contribution is 6.36. The first-order chi connectivity index (χ1) is 16.2. The monoisotopic (exact) mass is 475 g/mol. The molecule has 2 rings (SSSR count). The average molecular weight is 476 g/mol. The molecule has 0 aliphatic heterocycles. The number of amides is 1. The van der Waals surface area contributed by atoms with E-state index in [-0.39, 0.29) is 38.1 Å². The van der Waals surface area contributed by atoms with Gasteiger partial charge in [-0.25, -0.2) is 9.59 Å². The molecule has 1 aliphatic rings. The van der Waals surface area contributed by atoms with Crippen LogP contribution in [0.2, 0.25) is 0 Å². The molecule has 1 N–H and O–H groups in total. The summed E-state index contributed by atoms with van der Waals surface area (Å²) in [4.78, 5) is 49.2. The number of carbonyl (C=O) groups excluding carboxylic acids is 4. The third kappa shape index (κ3) is 8.47. The number of carbonyl (C=O) groups is 4. The number of benzene rings is 1. The molecule has 1 aromatic rings. The van der Waals surface area contributed by atoms with Gasteiger partial charge in [-0.2, -0.15) is 0 Å². The molecule has 188 valence electrons. The van der Waals surface area contributed by atoms with Crippen molar-refractivity contribution in [1.82, 2.24) is 5.32 Å². The van der Waals surface area contributed by atoms with Gasteiger partial charge in [-0.15, -0.1) is 0 Å². The second-order valence-corrected chi connectivity index (χ2v) is 8.94. The fourth-order valence-corrected chi connectivity index (χ4v) is 4.19. The molecule has 1 atom stereocenters. The number of ether oxygens (including phenoxy) is 3. The van der Waals surface area contributed by atoms with Crippen LogP contribution in [-0.2, 0) is 35.1 Å². The normalized spacial score (nSPS) is 18.6. The van der Waals surface area contributed by atoms with Crippen LogP contribution in [0.1, 0.15) is 58.9 Å². The summed E-state index contributed by atoms with van der Waals surface area (Å²) < 4.78 is 15.1. The second-order valence-electron chi connectivity index (χ2n) is 8.94. The number of Topliss-reactive ketones (excluding diaryl/α,β-unsaturated/α-hetero) is 1. The van der Waals surface area contributed by atoms with E-state index in [2.05, 4.69) is 19.2 Å². The van der Waals surface area contributed by atoms with Crippen molar-refractivity contribution in [2.45, 2.75) is 65.8 Å². The zero-order valence-electron chi connectivity index (χ0n) is 20.6. The summed E-state index contributed by atoms with van der Waals surface area (Å²) in [6.07, 6.45) is 3.67. The third-order valence-electron chi connectivity index (χ3n) is 6.22. The van der Waals surface area contributed by atoms with E-state index in [0.29, 0.717) is 17.6 Å². The van der Waals surface area contributed by atoms with Gasteiger partial charge in [0.25, 0.3) is 5.78 Å². The lowest BCUT2D eigenvalue weighted by molar-refractivity contribution is -0.154. The summed E-state index contributed by atoms with van der Waals surface area (Å²) in [6, 6.07) is 5.77. The van der Waals surface area contributed by atoms with Gasteiger partial charge in [0.15, 0.2) is 6.61 Å². The lowest BCUT2D eigenvalue weighted by atomic mass is 9.76. The van der Waals surface area contributed by atoms with Gasteiger partial charge in [0, 0.05) is 12.3 Å². The standard InChI is InChI=1S/C26H37NO7/c1-5-32-23(28)16-34-21-13-7-18(8-14-21)15-22(24(29)26(31)33-6-2)27-25(30)20-11-9-19(10-12-20)17(3)4/h7-8,13-14,17,19-20,22H,5-6,9-12,15-16H2,1-4H3,(H,27,30)/t19?,20?,22-/m0/s1. The largest absolute Gasteiger partial charge is 0.482 e. The fraction of sp³-hybridized carbons (Fsp3) is 0.615. The maximum Gasteiger partial charge on any atom is 0.376 e. The van der Waals surface area contributed by atoms with Crippen LogP contribution < -0.4 is 10.1 Å². The highest BCUT2D eigenvalue weighted by Gasteiger charge is 2.33. The molecule has 0 radical (unpaired) electrons. The van der Waals surface area contributed by atoms with Crippen molar-refractivity contribution in [3.63, 3.8) is 0 Å². The first kappa shape index (κ1) is 27.3. The zero-order chi connectivity index (χ0) is 25.1. The summed E-state index contributed by atoms with van der Waals surface area (Å²) in [7, 11) is 0. The van der Waals surface area contributed by atoms with Gasteiger partial charge in [0.2, 0.25) is 5.91 Å². The molecule has 1 aromatic carbocycles. The number of hydrogen-bond acceptors (Lipinski definition) is 7. The topological polar surface area (TPSA) is 108 Å². The Hall–Kier alpha value is -2.90. The number of hydrogen-bond donors (Lipinski definition) is 1. The van der Waals surface area contributed by atoms with Crippen LogP contribution >= 0.6 is 0 Å². The number of rotatable bonds is 12. The molecule has 34 heavy (non-hydrogen) atoms. The molecule has 0 bridgehead atoms. The molecule has 8 heteroatoms. The van der Waals surface area contributed by atoms with Crippen LogP contribution in [-0.4, -0.2) is 49.5 Å². The van der Waals surface area contributed by atoms with Crippen molar-refractivity contribution in [2.24, 2.45) is 17.8 Å². The van der Waals surface area contributed by atoms with Crippen LogP contribution in [0.3, 0.4) is 0 Å². The van der Waals surface area contributed by atoms with Crippen molar-refractivity contribution in [2.75, 3.05) is 19.8 Å². The van der Waals surface area contributed by atoms with Gasteiger partial charge in [-0.3, -0.25) is 9.59 Å². The molecule has 1 amide bonds. The van der Waals surface area contributed by atoms with Crippen molar-refractivity contribution < 1.29 is 33.4 Å². The highest BCUT2D eigenvalue weighted by Crippen LogP contribution is 2.33. The molecule has 0 aromatic heterocycles. The van der Waals surface area contributed by atoms with E-state index in [0.717, 1.165) is 31.2 Å². The lowest BCUT2D eigenvalue weighted by Crippen LogP contribution is -2.48. The Balaban J connectivity index is 2.03. The third-order valence-corrected chi connectivity index (χ3v) is 6.22. The Morgan fingerprint density at radius 3 is 2.12 bits per heavy atom. The van der Waals surface area contributed by atoms with Gasteiger partial charge in [0.1, 0.15) is 11.8 Å². The molecule has 0 saturated heterocycles. The van der Waals surface area contributed by atoms with Gasteiger partial charge < -0.3 is 19.5 Å². The van der Waals surface area contributed by atoms with Gasteiger partial charge in [0.05, 0.1) is 13.2 Å². The van der Waals surface area contributed by atoms with Crippen LogP contribution in [0.15, 0.2) is 24.3 Å². The minimum atomic E-state index is -1.01. The Morgan fingerprint density at radius 2 is 1.56 bits per heavy atom. The van der Waals surface area contributed by atoms with Crippen LogP contribution in [0, 0.1) is 17.8 Å². The van der Waals surface area contributed by atoms with Crippen molar-refractivity contribution >= 4 is 23.6 Å². The van der Waals surface area contributed by atoms with E-state index < -0.39 is 23.8 Å². The number of ketones is 1. The summed E-state index contributed by atoms with van der Waals surface area (Å²) in [6.45, 7) is 7.90. The molecule has 1 aliphatic carbocycles. The second kappa shape index (κ2) is 13.7. The van der Waals surface area contributed by atoms with Crippen molar-refractivity contribution in [3.05, 3.63) is 29.8 Å². The number of esters is 2. The van der Waals surface area contributed by atoms with E-state index in [1.807, 2.05) is 0 Å². The Morgan fingerprint density at radius 1 is 0.941 bits per heavy atom. The summed E-state index contributed by atoms with van der Waals surface area (Å²) in [5.74, 6) is -0.866. The smallest absolute Gasteiger partial charge is 0.376 e. The molecule has 0 spiro atoms. The summed E-state index contributed by atoms with van der Waals surface area (Å²) >= 11 is 0. The van der Waals surface area contributed by atoms with E-state index in [9.17, 15) is 19.2 Å². The first-order valence-electron chi connectivity index (χ1n) is 12.1. The van der Waals surface area contributed by atoms with Crippen molar-refractivity contribution in [1.29, 1.82) is 0 Å². The predicted molar refractivity (Wildman–Crippen MR) is 126 cm³/mol. The molecule has 8 nitrogen and oxygen atoms in total. The van der Waals surface area contributed by atoms with Gasteiger partial charge >= 0.3 is 11.9 Å². The molecule has 1 fully saturated rings. The van der Waals surface area contributed by atoms with E-state index in [1.165, 1.54) is 0 Å². The molecule has 0 unspecified atom stereocenters. The Labute approximate surface area is 201 Å². The van der Waals surface area contributed by atoms with Crippen LogP contribution in [0.25, 0.3) is 0 Å². The summed E-state index contributed by atoms with van der Waals surface area (Å²) in [5, 5.41) is 2.81. The first-order valence-corrected chi connectivity index (χ1v) is 12.1. The van der Waals surface area contributed by atoms with Gasteiger partial charge in [-0.05, 0) is 69.1 Å². The SMILES string of the molecule is CCOC(=O)COc1ccc(C[C@H](NC(=O)C2CCC(C(C)C)CC2)C(=O)C(=O)OCC)cc1. The quantitative estimate of drug-likeness (QED) is 0.365. The van der Waals surface area contributed by atoms with Crippen LogP contribution in [0.5, 0.6) is 5.75 Å². The van der Waals surface area contributed by atoms with Crippen LogP contribution in [0.4, 0.5) is 0 Å². The van der Waals surface area contributed by atoms with Crippen molar-refractivity contribution in [3.8, 4) is 5.75 Å². The zero-order valence-corrected chi connectivity index (χ0v) is 20.6. The Bertz CT molecular complexity index is 826. The Kier molecular flexibility index (Phi) is 11.0. The molecular formula is C26H37NO7. The summed E-state index contributed by atoms with van der Waals surface area (Å²) in [5.41, 5.74) is 0.731. The highest BCUT2D eigenvalue weighted by atomic mass is 16.6. The van der Waals surface area contributed by atoms with E-state index >= 15 is 0 Å². The number of nitrogens with one attached hydrogen (secondary N) is 1. The molecule has 1 saturated carbocycles.